The van der Waals surface area contributed by atoms with Gasteiger partial charge in [-0.1, -0.05) is 18.7 Å². The Morgan fingerprint density at radius 3 is 3.05 bits per heavy atom. The molecule has 0 amide bonds. The standard InChI is InChI=1S/C15H26N4OS/c1-3-8-16-13-11-14(18-15(17-13)21-2)19-9-4-6-12(19)7-5-10-20/h11-12,20H,3-10H2,1-2H3,(H,16,17,18). The van der Waals surface area contributed by atoms with Gasteiger partial charge in [0.1, 0.15) is 11.6 Å². The van der Waals surface area contributed by atoms with Gasteiger partial charge in [-0.3, -0.25) is 0 Å². The summed E-state index contributed by atoms with van der Waals surface area (Å²) in [6.07, 6.45) is 7.38. The first-order valence-corrected chi connectivity index (χ1v) is 9.05. The van der Waals surface area contributed by atoms with Crippen molar-refractivity contribution in [2.75, 3.05) is 36.2 Å². The molecule has 1 aromatic heterocycles. The van der Waals surface area contributed by atoms with E-state index >= 15 is 0 Å². The second-order valence-electron chi connectivity index (χ2n) is 5.38. The van der Waals surface area contributed by atoms with Gasteiger partial charge in [-0.25, -0.2) is 9.97 Å². The van der Waals surface area contributed by atoms with E-state index in [2.05, 4.69) is 33.2 Å². The number of thioether (sulfide) groups is 1. The zero-order valence-electron chi connectivity index (χ0n) is 13.0. The number of aromatic nitrogens is 2. The number of aliphatic hydroxyl groups excluding tert-OH is 1. The molecule has 1 atom stereocenters. The average Bonchev–Trinajstić information content (AvgIpc) is 2.99. The number of hydrogen-bond acceptors (Lipinski definition) is 6. The van der Waals surface area contributed by atoms with E-state index in [1.807, 2.05) is 6.26 Å². The lowest BCUT2D eigenvalue weighted by Crippen LogP contribution is -2.30. The first-order valence-electron chi connectivity index (χ1n) is 7.83. The summed E-state index contributed by atoms with van der Waals surface area (Å²) in [5, 5.41) is 13.2. The molecular weight excluding hydrogens is 284 g/mol. The summed E-state index contributed by atoms with van der Waals surface area (Å²) in [5.41, 5.74) is 0. The third kappa shape index (κ3) is 4.48. The molecule has 21 heavy (non-hydrogen) atoms. The summed E-state index contributed by atoms with van der Waals surface area (Å²) in [4.78, 5) is 11.6. The van der Waals surface area contributed by atoms with Crippen molar-refractivity contribution in [1.29, 1.82) is 0 Å². The topological polar surface area (TPSA) is 61.3 Å². The van der Waals surface area contributed by atoms with Gasteiger partial charge in [-0.2, -0.15) is 0 Å². The minimum absolute atomic E-state index is 0.271. The van der Waals surface area contributed by atoms with Crippen LogP contribution in [-0.4, -0.2) is 47.1 Å². The number of anilines is 2. The molecule has 0 aromatic carbocycles. The minimum Gasteiger partial charge on any atom is -0.396 e. The van der Waals surface area contributed by atoms with Crippen molar-refractivity contribution in [2.24, 2.45) is 0 Å². The Kier molecular flexibility index (Phi) is 6.57. The number of nitrogens with one attached hydrogen (secondary N) is 1. The molecule has 1 aliphatic heterocycles. The number of nitrogens with zero attached hydrogens (tertiary/aromatic N) is 3. The fourth-order valence-electron chi connectivity index (χ4n) is 2.76. The molecule has 5 nitrogen and oxygen atoms in total. The Hall–Kier alpha value is -1.01. The van der Waals surface area contributed by atoms with Crippen molar-refractivity contribution in [3.8, 4) is 0 Å². The molecule has 2 heterocycles. The molecule has 2 N–H and O–H groups in total. The highest BCUT2D eigenvalue weighted by atomic mass is 32.2. The molecule has 0 bridgehead atoms. The molecule has 1 unspecified atom stereocenters. The molecule has 1 fully saturated rings. The quantitative estimate of drug-likeness (QED) is 0.569. The van der Waals surface area contributed by atoms with Gasteiger partial charge < -0.3 is 15.3 Å². The summed E-state index contributed by atoms with van der Waals surface area (Å²) in [5.74, 6) is 1.94. The highest BCUT2D eigenvalue weighted by Crippen LogP contribution is 2.29. The lowest BCUT2D eigenvalue weighted by molar-refractivity contribution is 0.279. The van der Waals surface area contributed by atoms with Gasteiger partial charge in [0.2, 0.25) is 0 Å². The third-order valence-electron chi connectivity index (χ3n) is 3.80. The molecule has 2 rings (SSSR count). The Morgan fingerprint density at radius 2 is 2.33 bits per heavy atom. The van der Waals surface area contributed by atoms with Crippen molar-refractivity contribution in [2.45, 2.75) is 50.2 Å². The van der Waals surface area contributed by atoms with Crippen molar-refractivity contribution in [1.82, 2.24) is 9.97 Å². The zero-order chi connectivity index (χ0) is 15.1. The van der Waals surface area contributed by atoms with E-state index in [-0.39, 0.29) is 6.61 Å². The van der Waals surface area contributed by atoms with E-state index in [1.54, 1.807) is 11.8 Å². The maximum atomic E-state index is 9.05. The van der Waals surface area contributed by atoms with E-state index in [1.165, 1.54) is 12.8 Å². The Labute approximate surface area is 131 Å². The van der Waals surface area contributed by atoms with Crippen LogP contribution in [0.4, 0.5) is 11.6 Å². The van der Waals surface area contributed by atoms with Gasteiger partial charge in [0, 0.05) is 31.8 Å². The Morgan fingerprint density at radius 1 is 1.48 bits per heavy atom. The van der Waals surface area contributed by atoms with E-state index in [0.717, 1.165) is 49.1 Å². The minimum atomic E-state index is 0.271. The summed E-state index contributed by atoms with van der Waals surface area (Å²) in [6.45, 7) is 4.40. The van der Waals surface area contributed by atoms with Gasteiger partial charge in [-0.15, -0.1) is 0 Å². The Bertz CT molecular complexity index is 444. The van der Waals surface area contributed by atoms with Gasteiger partial charge >= 0.3 is 0 Å². The maximum Gasteiger partial charge on any atom is 0.191 e. The third-order valence-corrected chi connectivity index (χ3v) is 4.35. The van der Waals surface area contributed by atoms with E-state index < -0.39 is 0 Å². The number of rotatable bonds is 8. The lowest BCUT2D eigenvalue weighted by Gasteiger charge is -2.26. The van der Waals surface area contributed by atoms with Crippen LogP contribution in [0.2, 0.25) is 0 Å². The average molecular weight is 310 g/mol. The molecule has 1 saturated heterocycles. The van der Waals surface area contributed by atoms with Crippen LogP contribution in [0, 0.1) is 0 Å². The molecule has 0 aliphatic carbocycles. The number of aliphatic hydroxyl groups is 1. The molecule has 1 aromatic rings. The van der Waals surface area contributed by atoms with Gasteiger partial charge in [0.05, 0.1) is 0 Å². The van der Waals surface area contributed by atoms with Crippen LogP contribution < -0.4 is 10.2 Å². The monoisotopic (exact) mass is 310 g/mol. The summed E-state index contributed by atoms with van der Waals surface area (Å²) in [7, 11) is 0. The first kappa shape index (κ1) is 16.4. The predicted octanol–water partition coefficient (Wildman–Crippen LogP) is 2.76. The highest BCUT2D eigenvalue weighted by Gasteiger charge is 2.25. The maximum absolute atomic E-state index is 9.05. The van der Waals surface area contributed by atoms with E-state index in [9.17, 15) is 0 Å². The van der Waals surface area contributed by atoms with Gasteiger partial charge in [0.25, 0.3) is 0 Å². The van der Waals surface area contributed by atoms with Crippen molar-refractivity contribution >= 4 is 23.4 Å². The smallest absolute Gasteiger partial charge is 0.191 e. The number of hydrogen-bond donors (Lipinski definition) is 2. The van der Waals surface area contributed by atoms with Crippen LogP contribution in [0.25, 0.3) is 0 Å². The molecule has 0 spiro atoms. The van der Waals surface area contributed by atoms with E-state index in [4.69, 9.17) is 5.11 Å². The summed E-state index contributed by atoms with van der Waals surface area (Å²) >= 11 is 1.58. The van der Waals surface area contributed by atoms with Crippen LogP contribution in [0.5, 0.6) is 0 Å². The van der Waals surface area contributed by atoms with E-state index in [0.29, 0.717) is 6.04 Å². The SMILES string of the molecule is CCCNc1cc(N2CCCC2CCCO)nc(SC)n1. The van der Waals surface area contributed by atoms with Crippen LogP contribution in [0.1, 0.15) is 39.0 Å². The Balaban J connectivity index is 2.16. The molecular formula is C15H26N4OS. The molecule has 1 aliphatic rings. The molecule has 0 radical (unpaired) electrons. The second-order valence-corrected chi connectivity index (χ2v) is 6.15. The first-order chi connectivity index (χ1) is 10.3. The fraction of sp³-hybridized carbons (Fsp3) is 0.733. The zero-order valence-corrected chi connectivity index (χ0v) is 13.8. The van der Waals surface area contributed by atoms with Crippen molar-refractivity contribution in [3.05, 3.63) is 6.07 Å². The van der Waals surface area contributed by atoms with Crippen molar-refractivity contribution in [3.63, 3.8) is 0 Å². The molecule has 6 heteroatoms. The van der Waals surface area contributed by atoms with Crippen molar-refractivity contribution < 1.29 is 5.11 Å². The van der Waals surface area contributed by atoms with Crippen LogP contribution in [-0.2, 0) is 0 Å². The largest absolute Gasteiger partial charge is 0.396 e. The van der Waals surface area contributed by atoms with Crippen LogP contribution in [0.15, 0.2) is 11.2 Å². The normalized spacial score (nSPS) is 18.2. The van der Waals surface area contributed by atoms with Gasteiger partial charge in [-0.05, 0) is 38.4 Å². The molecule has 0 saturated carbocycles. The van der Waals surface area contributed by atoms with Crippen LogP contribution >= 0.6 is 11.8 Å². The lowest BCUT2D eigenvalue weighted by atomic mass is 10.1. The fourth-order valence-corrected chi connectivity index (χ4v) is 3.13. The summed E-state index contributed by atoms with van der Waals surface area (Å²) < 4.78 is 0. The predicted molar refractivity (Wildman–Crippen MR) is 89.3 cm³/mol. The molecule has 118 valence electrons. The highest BCUT2D eigenvalue weighted by molar-refractivity contribution is 7.98. The summed E-state index contributed by atoms with van der Waals surface area (Å²) in [6, 6.07) is 2.56. The van der Waals surface area contributed by atoms with Crippen LogP contribution in [0.3, 0.4) is 0 Å². The second kappa shape index (κ2) is 8.44. The van der Waals surface area contributed by atoms with Gasteiger partial charge in [0.15, 0.2) is 5.16 Å².